The fourth-order valence-electron chi connectivity index (χ4n) is 0.697. The van der Waals surface area contributed by atoms with Crippen molar-refractivity contribution in [3.05, 3.63) is 11.7 Å². The summed E-state index contributed by atoms with van der Waals surface area (Å²) in [6, 6.07) is 0. The Hall–Kier alpha value is -0.610. The Labute approximate surface area is 67.1 Å². The van der Waals surface area contributed by atoms with Crippen LogP contribution in [0.3, 0.4) is 0 Å². The first-order chi connectivity index (χ1) is 5.39. The molecule has 12 heavy (non-hydrogen) atoms. The highest BCUT2D eigenvalue weighted by atomic mass is 19.4. The summed E-state index contributed by atoms with van der Waals surface area (Å²) in [5, 5.41) is 0. The van der Waals surface area contributed by atoms with E-state index in [1.807, 2.05) is 0 Å². The van der Waals surface area contributed by atoms with Crippen LogP contribution in [0.1, 0.15) is 26.2 Å². The lowest BCUT2D eigenvalue weighted by Gasteiger charge is -2.08. The average molecular weight is 188 g/mol. The largest absolute Gasteiger partial charge is 0.417 e. The summed E-state index contributed by atoms with van der Waals surface area (Å²) in [5.74, 6) is 0. The Balaban J connectivity index is 4.38. The lowest BCUT2D eigenvalue weighted by molar-refractivity contribution is -0.0977. The summed E-state index contributed by atoms with van der Waals surface area (Å²) >= 11 is 0. The first-order valence-electron chi connectivity index (χ1n) is 3.51. The van der Waals surface area contributed by atoms with E-state index in [0.29, 0.717) is 6.42 Å². The van der Waals surface area contributed by atoms with Crippen LogP contribution in [0, 0.1) is 0 Å². The predicted octanol–water partition coefficient (Wildman–Crippen LogP) is 3.89. The van der Waals surface area contributed by atoms with Gasteiger partial charge in [0, 0.05) is 0 Å². The molecule has 0 aromatic rings. The smallest absolute Gasteiger partial charge is 0.173 e. The van der Waals surface area contributed by atoms with E-state index in [1.165, 1.54) is 0 Å². The molecule has 0 unspecified atom stereocenters. The molecule has 0 spiro atoms. The maximum Gasteiger partial charge on any atom is 0.417 e. The standard InChI is InChI=1S/C7H9F5/c1-2-3-4-5(6(8)9)7(10,11)12/h2-4H2,1H3. The number of allylic oxidation sites excluding steroid dienone is 1. The molecule has 0 fully saturated rings. The Morgan fingerprint density at radius 3 is 1.92 bits per heavy atom. The third-order valence-electron chi connectivity index (χ3n) is 1.35. The first-order valence-corrected chi connectivity index (χ1v) is 3.51. The Kier molecular flexibility index (Phi) is 4.20. The average Bonchev–Trinajstić information content (AvgIpc) is 1.84. The molecule has 0 aromatic carbocycles. The van der Waals surface area contributed by atoms with Crippen LogP contribution in [0.5, 0.6) is 0 Å². The molecule has 0 heterocycles. The van der Waals surface area contributed by atoms with Crippen LogP contribution < -0.4 is 0 Å². The maximum atomic E-state index is 11.8. The lowest BCUT2D eigenvalue weighted by atomic mass is 10.1. The number of unbranched alkanes of at least 4 members (excludes halogenated alkanes) is 1. The lowest BCUT2D eigenvalue weighted by Crippen LogP contribution is -2.12. The van der Waals surface area contributed by atoms with E-state index in [9.17, 15) is 22.0 Å². The van der Waals surface area contributed by atoms with Crippen LogP contribution in [-0.4, -0.2) is 6.18 Å². The van der Waals surface area contributed by atoms with Gasteiger partial charge in [-0.25, -0.2) is 0 Å². The van der Waals surface area contributed by atoms with Gasteiger partial charge in [0.2, 0.25) is 0 Å². The number of alkyl halides is 3. The third kappa shape index (κ3) is 3.69. The molecular formula is C7H9F5. The molecule has 72 valence electrons. The summed E-state index contributed by atoms with van der Waals surface area (Å²) in [6.45, 7) is 1.64. The molecule has 0 rings (SSSR count). The molecule has 0 atom stereocenters. The first kappa shape index (κ1) is 11.4. The van der Waals surface area contributed by atoms with Crippen molar-refractivity contribution in [1.29, 1.82) is 0 Å². The van der Waals surface area contributed by atoms with Crippen molar-refractivity contribution >= 4 is 0 Å². The summed E-state index contributed by atoms with van der Waals surface area (Å²) < 4.78 is 58.6. The summed E-state index contributed by atoms with van der Waals surface area (Å²) in [7, 11) is 0. The van der Waals surface area contributed by atoms with Gasteiger partial charge in [-0.15, -0.1) is 0 Å². The van der Waals surface area contributed by atoms with Gasteiger partial charge in [-0.2, -0.15) is 22.0 Å². The van der Waals surface area contributed by atoms with Gasteiger partial charge in [-0.1, -0.05) is 13.3 Å². The van der Waals surface area contributed by atoms with Crippen molar-refractivity contribution in [2.24, 2.45) is 0 Å². The zero-order valence-electron chi connectivity index (χ0n) is 6.51. The Bertz CT molecular complexity index is 163. The van der Waals surface area contributed by atoms with E-state index in [0.717, 1.165) is 0 Å². The topological polar surface area (TPSA) is 0 Å². The van der Waals surface area contributed by atoms with Crippen molar-refractivity contribution in [2.45, 2.75) is 32.4 Å². The minimum atomic E-state index is -4.88. The van der Waals surface area contributed by atoms with E-state index in [-0.39, 0.29) is 6.42 Å². The fourth-order valence-corrected chi connectivity index (χ4v) is 0.697. The van der Waals surface area contributed by atoms with Gasteiger partial charge in [-0.05, 0) is 12.8 Å². The molecule has 0 aliphatic rings. The number of rotatable bonds is 3. The molecule has 0 radical (unpaired) electrons. The monoisotopic (exact) mass is 188 g/mol. The van der Waals surface area contributed by atoms with Gasteiger partial charge in [0.05, 0.1) is 5.57 Å². The number of hydrogen-bond acceptors (Lipinski definition) is 0. The molecule has 0 aliphatic heterocycles. The molecule has 0 nitrogen and oxygen atoms in total. The van der Waals surface area contributed by atoms with Crippen LogP contribution in [0.25, 0.3) is 0 Å². The van der Waals surface area contributed by atoms with E-state index >= 15 is 0 Å². The molecule has 0 amide bonds. The second-order valence-corrected chi connectivity index (χ2v) is 2.34. The van der Waals surface area contributed by atoms with Crippen LogP contribution in [0.15, 0.2) is 11.7 Å². The van der Waals surface area contributed by atoms with Crippen molar-refractivity contribution in [2.75, 3.05) is 0 Å². The molecule has 0 aromatic heterocycles. The highest BCUT2D eigenvalue weighted by Gasteiger charge is 2.36. The molecule has 0 N–H and O–H groups in total. The van der Waals surface area contributed by atoms with Crippen LogP contribution in [0.4, 0.5) is 22.0 Å². The van der Waals surface area contributed by atoms with Gasteiger partial charge in [0.25, 0.3) is 6.08 Å². The van der Waals surface area contributed by atoms with Crippen molar-refractivity contribution < 1.29 is 22.0 Å². The number of halogens is 5. The summed E-state index contributed by atoms with van der Waals surface area (Å²) in [6.07, 6.45) is -7.49. The molecular weight excluding hydrogens is 179 g/mol. The van der Waals surface area contributed by atoms with Gasteiger partial charge < -0.3 is 0 Å². The van der Waals surface area contributed by atoms with Gasteiger partial charge >= 0.3 is 6.18 Å². The quantitative estimate of drug-likeness (QED) is 0.589. The van der Waals surface area contributed by atoms with Crippen molar-refractivity contribution in [3.8, 4) is 0 Å². The summed E-state index contributed by atoms with van der Waals surface area (Å²) in [4.78, 5) is 0. The van der Waals surface area contributed by atoms with E-state index < -0.39 is 24.3 Å². The molecule has 0 bridgehead atoms. The Morgan fingerprint density at radius 2 is 1.67 bits per heavy atom. The van der Waals surface area contributed by atoms with Crippen molar-refractivity contribution in [1.82, 2.24) is 0 Å². The third-order valence-corrected chi connectivity index (χ3v) is 1.35. The van der Waals surface area contributed by atoms with E-state index in [1.54, 1.807) is 6.92 Å². The second-order valence-electron chi connectivity index (χ2n) is 2.34. The highest BCUT2D eigenvalue weighted by molar-refractivity contribution is 5.09. The maximum absolute atomic E-state index is 11.8. The van der Waals surface area contributed by atoms with Crippen LogP contribution in [-0.2, 0) is 0 Å². The zero-order chi connectivity index (χ0) is 9.78. The van der Waals surface area contributed by atoms with Gasteiger partial charge in [-0.3, -0.25) is 0 Å². The fraction of sp³-hybridized carbons (Fsp3) is 0.714. The predicted molar refractivity (Wildman–Crippen MR) is 34.8 cm³/mol. The molecule has 5 heteroatoms. The van der Waals surface area contributed by atoms with E-state index in [2.05, 4.69) is 0 Å². The summed E-state index contributed by atoms with van der Waals surface area (Å²) in [5.41, 5.74) is -1.69. The normalized spacial score (nSPS) is 11.5. The van der Waals surface area contributed by atoms with E-state index in [4.69, 9.17) is 0 Å². The SMILES string of the molecule is CCCCC(=C(F)F)C(F)(F)F. The van der Waals surface area contributed by atoms with Gasteiger partial charge in [0.1, 0.15) is 0 Å². The molecule has 0 aliphatic carbocycles. The minimum absolute atomic E-state index is 0.131. The highest BCUT2D eigenvalue weighted by Crippen LogP contribution is 2.32. The minimum Gasteiger partial charge on any atom is -0.173 e. The van der Waals surface area contributed by atoms with Crippen LogP contribution in [0.2, 0.25) is 0 Å². The zero-order valence-corrected chi connectivity index (χ0v) is 6.51. The van der Waals surface area contributed by atoms with Gasteiger partial charge in [0.15, 0.2) is 0 Å². The van der Waals surface area contributed by atoms with Crippen molar-refractivity contribution in [3.63, 3.8) is 0 Å². The molecule has 0 saturated carbocycles. The Morgan fingerprint density at radius 1 is 1.17 bits per heavy atom. The van der Waals surface area contributed by atoms with Crippen LogP contribution >= 0.6 is 0 Å². The molecule has 0 saturated heterocycles. The second kappa shape index (κ2) is 4.42. The number of hydrogen-bond donors (Lipinski definition) is 0.